The Morgan fingerprint density at radius 3 is 1.60 bits per heavy atom. The predicted molar refractivity (Wildman–Crippen MR) is 235 cm³/mol. The maximum atomic E-state index is 15.1. The van der Waals surface area contributed by atoms with E-state index in [2.05, 4.69) is 144 Å². The molecule has 0 fully saturated rings. The van der Waals surface area contributed by atoms with Crippen molar-refractivity contribution < 1.29 is 9.53 Å². The molecule has 0 bridgehead atoms. The predicted octanol–water partition coefficient (Wildman–Crippen LogP) is 10.0. The number of rotatable bonds is 13. The summed E-state index contributed by atoms with van der Waals surface area (Å²) in [6, 6.07) is 46.3. The highest BCUT2D eigenvalue weighted by Gasteiger charge is 2.56. The van der Waals surface area contributed by atoms with Gasteiger partial charge in [-0.15, -0.1) is 0 Å². The summed E-state index contributed by atoms with van der Waals surface area (Å²) in [7, 11) is 0. The van der Waals surface area contributed by atoms with Crippen LogP contribution in [0.15, 0.2) is 133 Å². The van der Waals surface area contributed by atoms with Crippen LogP contribution in [-0.4, -0.2) is 64.9 Å². The van der Waals surface area contributed by atoms with Crippen molar-refractivity contribution in [3.63, 3.8) is 0 Å². The van der Waals surface area contributed by atoms with Crippen LogP contribution in [0.5, 0.6) is 11.5 Å². The van der Waals surface area contributed by atoms with E-state index in [1.54, 1.807) is 0 Å². The highest BCUT2D eigenvalue weighted by molar-refractivity contribution is 6.02. The third-order valence-corrected chi connectivity index (χ3v) is 12.1. The Balaban J connectivity index is 1.16. The van der Waals surface area contributed by atoms with Gasteiger partial charge in [0, 0.05) is 103 Å². The molecule has 1 spiro atoms. The van der Waals surface area contributed by atoms with Crippen molar-refractivity contribution in [3.8, 4) is 11.5 Å². The average Bonchev–Trinajstić information content (AvgIpc) is 3.50. The zero-order valence-electron chi connectivity index (χ0n) is 33.9. The lowest BCUT2D eigenvalue weighted by Crippen LogP contribution is -2.50. The summed E-state index contributed by atoms with van der Waals surface area (Å²) in [4.78, 5) is 34.4. The molecule has 0 radical (unpaired) electrons. The molecule has 2 aromatic heterocycles. The molecule has 2 aliphatic heterocycles. The number of carbonyl (C=O) groups excluding carboxylic acids is 1. The third kappa shape index (κ3) is 6.42. The van der Waals surface area contributed by atoms with Gasteiger partial charge in [0.2, 0.25) is 0 Å². The van der Waals surface area contributed by atoms with Crippen LogP contribution in [0, 0.1) is 0 Å². The number of hydrogen-bond acceptors (Lipinski definition) is 7. The largest absolute Gasteiger partial charge is 0.456 e. The first-order valence-corrected chi connectivity index (χ1v) is 20.7. The minimum absolute atomic E-state index is 0.0163. The zero-order chi connectivity index (χ0) is 39.8. The topological polar surface area (TPSA) is 65.0 Å². The van der Waals surface area contributed by atoms with Crippen molar-refractivity contribution >= 4 is 39.1 Å². The first-order chi connectivity index (χ1) is 28.4. The van der Waals surface area contributed by atoms with Gasteiger partial charge in [-0.1, -0.05) is 78.9 Å². The molecule has 292 valence electrons. The number of para-hydroxylation sites is 2. The van der Waals surface area contributed by atoms with E-state index in [0.29, 0.717) is 26.2 Å². The molecule has 2 aliphatic rings. The highest BCUT2D eigenvalue weighted by Crippen LogP contribution is 2.58. The lowest BCUT2D eigenvalue weighted by molar-refractivity contribution is 0.0628. The van der Waals surface area contributed by atoms with Crippen molar-refractivity contribution in [2.24, 2.45) is 0 Å². The van der Waals surface area contributed by atoms with E-state index in [1.165, 1.54) is 0 Å². The van der Waals surface area contributed by atoms with Crippen molar-refractivity contribution in [2.75, 3.05) is 49.1 Å². The molecule has 1 amide bonds. The number of pyridine rings is 2. The van der Waals surface area contributed by atoms with Gasteiger partial charge in [0.05, 0.1) is 22.4 Å². The normalized spacial score (nSPS) is 13.8. The summed E-state index contributed by atoms with van der Waals surface area (Å²) < 4.78 is 6.96. The number of benzene rings is 5. The minimum Gasteiger partial charge on any atom is -0.456 e. The molecule has 0 atom stereocenters. The number of nitrogens with zero attached hydrogens (tertiary/aromatic N) is 6. The van der Waals surface area contributed by atoms with Gasteiger partial charge in [-0.25, -0.2) is 0 Å². The highest BCUT2D eigenvalue weighted by atomic mass is 16.5. The van der Waals surface area contributed by atoms with Gasteiger partial charge in [-0.05, 0) is 75.7 Å². The quantitative estimate of drug-likeness (QED) is 0.116. The molecule has 0 unspecified atom stereocenters. The smallest absolute Gasteiger partial charge is 0.255 e. The first-order valence-electron chi connectivity index (χ1n) is 20.7. The van der Waals surface area contributed by atoms with Crippen LogP contribution in [0.4, 0.5) is 11.4 Å². The molecular formula is C50H50N6O2. The van der Waals surface area contributed by atoms with Gasteiger partial charge in [-0.3, -0.25) is 19.7 Å². The Morgan fingerprint density at radius 2 is 1.07 bits per heavy atom. The number of aromatic nitrogens is 2. The molecule has 0 aliphatic carbocycles. The monoisotopic (exact) mass is 766 g/mol. The van der Waals surface area contributed by atoms with E-state index < -0.39 is 5.54 Å². The molecular weight excluding hydrogens is 717 g/mol. The molecule has 8 heteroatoms. The second-order valence-corrected chi connectivity index (χ2v) is 15.2. The van der Waals surface area contributed by atoms with Crippen LogP contribution in [0.1, 0.15) is 66.1 Å². The minimum atomic E-state index is -0.908. The molecule has 0 N–H and O–H groups in total. The van der Waals surface area contributed by atoms with E-state index in [9.17, 15) is 0 Å². The fraction of sp³-hybridized carbons (Fsp3) is 0.260. The number of anilines is 2. The fourth-order valence-corrected chi connectivity index (χ4v) is 9.21. The summed E-state index contributed by atoms with van der Waals surface area (Å²) >= 11 is 0. The van der Waals surface area contributed by atoms with Crippen LogP contribution in [0.25, 0.3) is 21.8 Å². The molecule has 5 aromatic carbocycles. The van der Waals surface area contributed by atoms with Gasteiger partial charge < -0.3 is 19.4 Å². The number of amides is 1. The lowest BCUT2D eigenvalue weighted by atomic mass is 9.74. The van der Waals surface area contributed by atoms with Gasteiger partial charge >= 0.3 is 0 Å². The van der Waals surface area contributed by atoms with Crippen molar-refractivity contribution in [1.82, 2.24) is 19.8 Å². The molecule has 7 aromatic rings. The maximum absolute atomic E-state index is 15.1. The molecule has 9 rings (SSSR count). The van der Waals surface area contributed by atoms with Gasteiger partial charge in [0.15, 0.2) is 0 Å². The van der Waals surface area contributed by atoms with E-state index in [4.69, 9.17) is 14.7 Å². The van der Waals surface area contributed by atoms with Crippen molar-refractivity contribution in [3.05, 3.63) is 167 Å². The summed E-state index contributed by atoms with van der Waals surface area (Å²) in [6.45, 7) is 14.5. The van der Waals surface area contributed by atoms with Gasteiger partial charge in [0.25, 0.3) is 5.91 Å². The number of ether oxygens (including phenoxy) is 1. The van der Waals surface area contributed by atoms with E-state index >= 15 is 4.79 Å². The second-order valence-electron chi connectivity index (χ2n) is 15.2. The van der Waals surface area contributed by atoms with Crippen LogP contribution in [0.2, 0.25) is 0 Å². The molecule has 0 saturated carbocycles. The van der Waals surface area contributed by atoms with Gasteiger partial charge in [-0.2, -0.15) is 0 Å². The molecule has 0 saturated heterocycles. The maximum Gasteiger partial charge on any atom is 0.255 e. The van der Waals surface area contributed by atoms with Gasteiger partial charge in [0.1, 0.15) is 17.0 Å². The van der Waals surface area contributed by atoms with E-state index in [1.807, 2.05) is 36.4 Å². The number of fused-ring (bicyclic) bond motifs is 8. The van der Waals surface area contributed by atoms with E-state index in [-0.39, 0.29) is 5.91 Å². The van der Waals surface area contributed by atoms with Crippen molar-refractivity contribution in [2.45, 2.75) is 46.3 Å². The summed E-state index contributed by atoms with van der Waals surface area (Å²) in [6.07, 6.45) is 0. The Morgan fingerprint density at radius 1 is 0.569 bits per heavy atom. The average molecular weight is 767 g/mol. The molecule has 4 heterocycles. The zero-order valence-corrected chi connectivity index (χ0v) is 33.9. The Hall–Kier alpha value is -6.25. The molecule has 8 nitrogen and oxygen atoms in total. The SMILES string of the molecule is CCN(CC)c1ccc2c(c1)Oc1cc(N(CC)CC)ccc1C21c2ccccc2C(=O)N1CCN(Cc1ccc2ccccc2n1)Cc1ccc2ccccc2n1. The fourth-order valence-electron chi connectivity index (χ4n) is 9.21. The van der Waals surface area contributed by atoms with E-state index in [0.717, 1.165) is 105 Å². The van der Waals surface area contributed by atoms with Crippen LogP contribution >= 0.6 is 0 Å². The molecule has 58 heavy (non-hydrogen) atoms. The Labute approximate surface area is 341 Å². The lowest BCUT2D eigenvalue weighted by Gasteiger charge is -2.45. The number of carbonyl (C=O) groups is 1. The van der Waals surface area contributed by atoms with Crippen LogP contribution in [-0.2, 0) is 18.6 Å². The number of hydrogen-bond donors (Lipinski definition) is 0. The second kappa shape index (κ2) is 15.6. The van der Waals surface area contributed by atoms with Crippen molar-refractivity contribution in [1.29, 1.82) is 0 Å². The Bertz CT molecular complexity index is 2490. The third-order valence-electron chi connectivity index (χ3n) is 12.1. The summed E-state index contributed by atoms with van der Waals surface area (Å²) in [5.74, 6) is 1.57. The summed E-state index contributed by atoms with van der Waals surface area (Å²) in [5, 5.41) is 2.23. The van der Waals surface area contributed by atoms with Crippen LogP contribution in [0.3, 0.4) is 0 Å². The standard InChI is InChI=1S/C50H50N6O2/c1-5-54(6-2)39-25-27-43-47(31-39)58-48-32-40(55(7-3)8-4)26-28-44(48)50(43)42-18-12-11-17-41(42)49(57)56(50)30-29-53(33-37-23-21-35-15-9-13-19-45(35)51-37)34-38-24-22-36-16-10-14-20-46(36)52-38/h9-28,31-32H,5-8,29-30,33-34H2,1-4H3. The Kier molecular flexibility index (Phi) is 10.0. The first kappa shape index (κ1) is 37.3. The van der Waals surface area contributed by atoms with Crippen LogP contribution < -0.4 is 14.5 Å². The summed E-state index contributed by atoms with van der Waals surface area (Å²) in [5.41, 5.74) is 8.83.